The van der Waals surface area contributed by atoms with E-state index in [0.29, 0.717) is 18.7 Å². The lowest BCUT2D eigenvalue weighted by Crippen LogP contribution is -2.18. The molecule has 100 valence electrons. The molecular formula is C16H19NO2. The Balaban J connectivity index is 2.58. The summed E-state index contributed by atoms with van der Waals surface area (Å²) in [5.41, 5.74) is 1.66. The van der Waals surface area contributed by atoms with Gasteiger partial charge in [0, 0.05) is 19.9 Å². The number of Topliss-reactive ketones (excluding diaryl/α,β-unsaturated/α-hetero) is 2. The van der Waals surface area contributed by atoms with Crippen LogP contribution in [0.15, 0.2) is 54.3 Å². The SMILES string of the molecule is CC(=O)C/C=C\C=C(/NCc1ccccc1)C(C)=O. The molecule has 0 saturated heterocycles. The first-order valence-electron chi connectivity index (χ1n) is 6.24. The molecule has 0 aliphatic carbocycles. The van der Waals surface area contributed by atoms with Gasteiger partial charge in [-0.2, -0.15) is 0 Å². The van der Waals surface area contributed by atoms with E-state index in [-0.39, 0.29) is 11.6 Å². The molecule has 0 aliphatic rings. The van der Waals surface area contributed by atoms with Gasteiger partial charge in [0.15, 0.2) is 5.78 Å². The van der Waals surface area contributed by atoms with Crippen LogP contribution in [0.2, 0.25) is 0 Å². The lowest BCUT2D eigenvalue weighted by atomic mass is 10.2. The number of rotatable bonds is 7. The summed E-state index contributed by atoms with van der Waals surface area (Å²) in [5.74, 6) is 0.0784. The number of ketones is 2. The van der Waals surface area contributed by atoms with Crippen LogP contribution in [0.1, 0.15) is 25.8 Å². The molecule has 0 amide bonds. The second-order valence-electron chi connectivity index (χ2n) is 4.31. The van der Waals surface area contributed by atoms with Crippen molar-refractivity contribution in [3.8, 4) is 0 Å². The Hall–Kier alpha value is -2.16. The van der Waals surface area contributed by atoms with Crippen molar-refractivity contribution in [2.75, 3.05) is 0 Å². The van der Waals surface area contributed by atoms with E-state index in [0.717, 1.165) is 5.56 Å². The highest BCUT2D eigenvalue weighted by atomic mass is 16.1. The smallest absolute Gasteiger partial charge is 0.175 e. The maximum atomic E-state index is 11.5. The number of carbonyl (C=O) groups is 2. The fraction of sp³-hybridized carbons (Fsp3) is 0.250. The first-order valence-corrected chi connectivity index (χ1v) is 6.24. The van der Waals surface area contributed by atoms with Crippen LogP contribution in [0.4, 0.5) is 0 Å². The zero-order chi connectivity index (χ0) is 14.1. The highest BCUT2D eigenvalue weighted by Crippen LogP contribution is 2.01. The van der Waals surface area contributed by atoms with E-state index in [2.05, 4.69) is 5.32 Å². The summed E-state index contributed by atoms with van der Waals surface area (Å²) in [7, 11) is 0. The molecule has 0 aromatic heterocycles. The van der Waals surface area contributed by atoms with Gasteiger partial charge >= 0.3 is 0 Å². The summed E-state index contributed by atoms with van der Waals surface area (Å²) in [5, 5.41) is 3.10. The molecule has 3 heteroatoms. The maximum Gasteiger partial charge on any atom is 0.175 e. The third kappa shape index (κ3) is 6.36. The Kier molecular flexibility index (Phi) is 6.30. The van der Waals surface area contributed by atoms with Crippen molar-refractivity contribution in [3.63, 3.8) is 0 Å². The van der Waals surface area contributed by atoms with Crippen LogP contribution >= 0.6 is 0 Å². The minimum Gasteiger partial charge on any atom is -0.378 e. The fourth-order valence-corrected chi connectivity index (χ4v) is 1.49. The molecule has 1 aromatic carbocycles. The molecule has 0 radical (unpaired) electrons. The zero-order valence-electron chi connectivity index (χ0n) is 11.3. The topological polar surface area (TPSA) is 46.2 Å². The Labute approximate surface area is 114 Å². The predicted molar refractivity (Wildman–Crippen MR) is 76.5 cm³/mol. The van der Waals surface area contributed by atoms with E-state index in [1.807, 2.05) is 30.3 Å². The lowest BCUT2D eigenvalue weighted by Gasteiger charge is -2.07. The molecule has 0 heterocycles. The molecule has 0 aliphatic heterocycles. The highest BCUT2D eigenvalue weighted by Gasteiger charge is 2.01. The Morgan fingerprint density at radius 2 is 1.84 bits per heavy atom. The zero-order valence-corrected chi connectivity index (χ0v) is 11.3. The third-order valence-corrected chi connectivity index (χ3v) is 2.51. The average Bonchev–Trinajstić information content (AvgIpc) is 2.38. The van der Waals surface area contributed by atoms with Crippen molar-refractivity contribution in [3.05, 3.63) is 59.8 Å². The molecule has 0 bridgehead atoms. The van der Waals surface area contributed by atoms with Gasteiger partial charge in [-0.3, -0.25) is 9.59 Å². The molecule has 1 rings (SSSR count). The molecule has 1 aromatic rings. The highest BCUT2D eigenvalue weighted by molar-refractivity contribution is 5.92. The van der Waals surface area contributed by atoms with Crippen molar-refractivity contribution in [1.82, 2.24) is 5.32 Å². The van der Waals surface area contributed by atoms with Gasteiger partial charge in [-0.1, -0.05) is 42.5 Å². The summed E-state index contributed by atoms with van der Waals surface area (Å²) in [4.78, 5) is 22.2. The summed E-state index contributed by atoms with van der Waals surface area (Å²) < 4.78 is 0. The van der Waals surface area contributed by atoms with E-state index in [9.17, 15) is 9.59 Å². The fourth-order valence-electron chi connectivity index (χ4n) is 1.49. The normalized spacial score (nSPS) is 11.6. The van der Waals surface area contributed by atoms with Crippen molar-refractivity contribution in [2.45, 2.75) is 26.8 Å². The summed E-state index contributed by atoms with van der Waals surface area (Å²) in [6, 6.07) is 9.87. The molecule has 0 unspecified atom stereocenters. The van der Waals surface area contributed by atoms with E-state index >= 15 is 0 Å². The minimum atomic E-state index is -0.0246. The van der Waals surface area contributed by atoms with Crippen molar-refractivity contribution in [2.24, 2.45) is 0 Å². The van der Waals surface area contributed by atoms with E-state index in [4.69, 9.17) is 0 Å². The number of hydrogen-bond acceptors (Lipinski definition) is 3. The number of nitrogens with one attached hydrogen (secondary N) is 1. The monoisotopic (exact) mass is 257 g/mol. The van der Waals surface area contributed by atoms with Crippen molar-refractivity contribution < 1.29 is 9.59 Å². The van der Waals surface area contributed by atoms with Gasteiger partial charge in [0.1, 0.15) is 5.78 Å². The lowest BCUT2D eigenvalue weighted by molar-refractivity contribution is -0.116. The molecular weight excluding hydrogens is 238 g/mol. The second kappa shape index (κ2) is 8.03. The van der Waals surface area contributed by atoms with Crippen LogP contribution in [0.3, 0.4) is 0 Å². The van der Waals surface area contributed by atoms with Gasteiger partial charge in [-0.25, -0.2) is 0 Å². The summed E-state index contributed by atoms with van der Waals surface area (Å²) in [6.45, 7) is 3.66. The minimum absolute atomic E-state index is 0.0246. The first-order chi connectivity index (χ1) is 9.09. The Morgan fingerprint density at radius 3 is 2.42 bits per heavy atom. The number of hydrogen-bond donors (Lipinski definition) is 1. The first kappa shape index (κ1) is 14.9. The maximum absolute atomic E-state index is 11.5. The molecule has 0 fully saturated rings. The number of benzene rings is 1. The van der Waals surface area contributed by atoms with Crippen LogP contribution in [-0.2, 0) is 16.1 Å². The molecule has 1 N–H and O–H groups in total. The largest absolute Gasteiger partial charge is 0.378 e. The van der Waals surface area contributed by atoms with Gasteiger partial charge < -0.3 is 5.32 Å². The second-order valence-corrected chi connectivity index (χ2v) is 4.31. The Morgan fingerprint density at radius 1 is 1.16 bits per heavy atom. The van der Waals surface area contributed by atoms with Crippen LogP contribution in [0.5, 0.6) is 0 Å². The number of carbonyl (C=O) groups excluding carboxylic acids is 2. The molecule has 0 atom stereocenters. The van der Waals surface area contributed by atoms with Crippen LogP contribution < -0.4 is 5.32 Å². The Bertz CT molecular complexity index is 487. The molecule has 0 saturated carbocycles. The molecule has 19 heavy (non-hydrogen) atoms. The molecule has 3 nitrogen and oxygen atoms in total. The van der Waals surface area contributed by atoms with E-state index in [1.165, 1.54) is 13.8 Å². The van der Waals surface area contributed by atoms with Gasteiger partial charge in [-0.05, 0) is 18.6 Å². The number of allylic oxidation sites excluding steroid dienone is 4. The van der Waals surface area contributed by atoms with Gasteiger partial charge in [0.2, 0.25) is 0 Å². The van der Waals surface area contributed by atoms with E-state index in [1.54, 1.807) is 18.2 Å². The quantitative estimate of drug-likeness (QED) is 0.603. The van der Waals surface area contributed by atoms with Crippen molar-refractivity contribution in [1.29, 1.82) is 0 Å². The average molecular weight is 257 g/mol. The van der Waals surface area contributed by atoms with E-state index < -0.39 is 0 Å². The van der Waals surface area contributed by atoms with Crippen LogP contribution in [0.25, 0.3) is 0 Å². The predicted octanol–water partition coefficient (Wildman–Crippen LogP) is 2.78. The van der Waals surface area contributed by atoms with Gasteiger partial charge in [0.05, 0.1) is 5.70 Å². The van der Waals surface area contributed by atoms with Crippen LogP contribution in [0, 0.1) is 0 Å². The molecule has 0 spiro atoms. The summed E-state index contributed by atoms with van der Waals surface area (Å²) >= 11 is 0. The standard InChI is InChI=1S/C16H19NO2/c1-13(18)8-6-7-11-16(14(2)19)17-12-15-9-4-3-5-10-15/h3-7,9-11,17H,8,12H2,1-2H3/b7-6-,16-11-. The third-order valence-electron chi connectivity index (χ3n) is 2.51. The van der Waals surface area contributed by atoms with Gasteiger partial charge in [0.25, 0.3) is 0 Å². The van der Waals surface area contributed by atoms with Crippen molar-refractivity contribution >= 4 is 11.6 Å². The van der Waals surface area contributed by atoms with Gasteiger partial charge in [-0.15, -0.1) is 0 Å². The van der Waals surface area contributed by atoms with Crippen LogP contribution in [-0.4, -0.2) is 11.6 Å². The summed E-state index contributed by atoms with van der Waals surface area (Å²) in [6.07, 6.45) is 5.57.